The first-order valence-corrected chi connectivity index (χ1v) is 9.84. The van der Waals surface area contributed by atoms with Gasteiger partial charge in [0.1, 0.15) is 0 Å². The van der Waals surface area contributed by atoms with E-state index in [1.54, 1.807) is 4.90 Å². The van der Waals surface area contributed by atoms with Crippen LogP contribution in [-0.4, -0.2) is 44.7 Å². The van der Waals surface area contributed by atoms with Gasteiger partial charge in [0.05, 0.1) is 0 Å². The van der Waals surface area contributed by atoms with Crippen molar-refractivity contribution in [3.63, 3.8) is 0 Å². The molecule has 1 aliphatic heterocycles. The lowest BCUT2D eigenvalue weighted by Crippen LogP contribution is -2.51. The Morgan fingerprint density at radius 1 is 1.16 bits per heavy atom. The molecule has 11 heteroatoms. The molecule has 0 atom stereocenters. The largest absolute Gasteiger partial charge is 0.451 e. The van der Waals surface area contributed by atoms with Crippen molar-refractivity contribution >= 4 is 30.7 Å². The highest BCUT2D eigenvalue weighted by Gasteiger charge is 2.44. The Bertz CT molecular complexity index is 926. The molecule has 172 valence electrons. The van der Waals surface area contributed by atoms with Crippen LogP contribution in [0.4, 0.5) is 13.2 Å². The van der Waals surface area contributed by atoms with Crippen LogP contribution in [0.2, 0.25) is 0 Å². The normalized spacial score (nSPS) is 23.6. The van der Waals surface area contributed by atoms with E-state index in [0.29, 0.717) is 6.54 Å². The van der Waals surface area contributed by atoms with E-state index >= 15 is 0 Å². The van der Waals surface area contributed by atoms with E-state index in [2.05, 4.69) is 35.3 Å². The van der Waals surface area contributed by atoms with E-state index in [0.717, 1.165) is 30.3 Å². The minimum Gasteiger partial charge on any atom is -0.331 e. The number of nitrogens with two attached hydrogens (primary N) is 1. The highest BCUT2D eigenvalue weighted by molar-refractivity contribution is 5.91. The van der Waals surface area contributed by atoms with Crippen LogP contribution in [0.15, 0.2) is 24.3 Å². The number of nitrogens with zero attached hydrogens (tertiary/aromatic N) is 4. The fraction of sp³-hybridized carbons (Fsp3) is 0.550. The van der Waals surface area contributed by atoms with E-state index in [-0.39, 0.29) is 55.2 Å². The molecular formula is C20H26Cl2F3N5O. The third kappa shape index (κ3) is 4.54. The van der Waals surface area contributed by atoms with Crippen LogP contribution in [0, 0.1) is 6.92 Å². The molecule has 2 aliphatic rings. The van der Waals surface area contributed by atoms with Crippen LogP contribution in [0.25, 0.3) is 0 Å². The molecule has 1 aromatic carbocycles. The Hall–Kier alpha value is -1.84. The summed E-state index contributed by atoms with van der Waals surface area (Å²) in [5.41, 5.74) is 8.45. The number of aromatic nitrogens is 3. The summed E-state index contributed by atoms with van der Waals surface area (Å²) < 4.78 is 40.0. The molecular weight excluding hydrogens is 454 g/mol. The first-order valence-electron chi connectivity index (χ1n) is 9.84. The molecule has 1 fully saturated rings. The Labute approximate surface area is 191 Å². The molecule has 1 saturated carbocycles. The number of amides is 1. The van der Waals surface area contributed by atoms with Gasteiger partial charge in [0.25, 0.3) is 5.91 Å². The summed E-state index contributed by atoms with van der Waals surface area (Å²) in [5.74, 6) is -1.80. The van der Waals surface area contributed by atoms with Crippen molar-refractivity contribution in [2.24, 2.45) is 5.73 Å². The van der Waals surface area contributed by atoms with Gasteiger partial charge in [-0.15, -0.1) is 35.0 Å². The predicted octanol–water partition coefficient (Wildman–Crippen LogP) is 3.74. The number of benzene rings is 1. The number of hydrogen-bond acceptors (Lipinski definition) is 4. The molecule has 4 rings (SSSR count). The molecule has 2 heterocycles. The number of rotatable bonds is 3. The van der Waals surface area contributed by atoms with Crippen LogP contribution < -0.4 is 5.73 Å². The molecule has 6 nitrogen and oxygen atoms in total. The second kappa shape index (κ2) is 9.34. The van der Waals surface area contributed by atoms with Gasteiger partial charge in [-0.3, -0.25) is 9.36 Å². The second-order valence-electron chi connectivity index (χ2n) is 8.08. The third-order valence-corrected chi connectivity index (χ3v) is 6.40. The smallest absolute Gasteiger partial charge is 0.331 e. The average molecular weight is 480 g/mol. The van der Waals surface area contributed by atoms with Crippen molar-refractivity contribution in [2.75, 3.05) is 13.1 Å². The Morgan fingerprint density at radius 3 is 2.42 bits per heavy atom. The van der Waals surface area contributed by atoms with Crippen molar-refractivity contribution in [1.29, 1.82) is 0 Å². The summed E-state index contributed by atoms with van der Waals surface area (Å²) in [6, 6.07) is 8.34. The lowest BCUT2D eigenvalue weighted by atomic mass is 9.67. The number of carbonyl (C=O) groups is 1. The van der Waals surface area contributed by atoms with E-state index in [9.17, 15) is 18.0 Å². The average Bonchev–Trinajstić information content (AvgIpc) is 3.14. The van der Waals surface area contributed by atoms with E-state index < -0.39 is 17.9 Å². The van der Waals surface area contributed by atoms with Crippen molar-refractivity contribution in [3.05, 3.63) is 47.0 Å². The first-order chi connectivity index (χ1) is 13.7. The highest BCUT2D eigenvalue weighted by Crippen LogP contribution is 2.41. The van der Waals surface area contributed by atoms with Crippen LogP contribution in [0.1, 0.15) is 53.3 Å². The molecule has 0 spiro atoms. The van der Waals surface area contributed by atoms with Gasteiger partial charge in [-0.1, -0.05) is 29.8 Å². The van der Waals surface area contributed by atoms with Crippen molar-refractivity contribution in [1.82, 2.24) is 19.7 Å². The SMILES string of the molecule is Cc1cccc([C@]2(CN)CC[C@H](N3CCn4c(nnc4C(F)(F)F)C3=O)CC2)c1.Cl.Cl. The van der Waals surface area contributed by atoms with Crippen LogP contribution in [0.3, 0.4) is 0 Å². The zero-order chi connectivity index (χ0) is 20.8. The molecule has 1 aromatic heterocycles. The summed E-state index contributed by atoms with van der Waals surface area (Å²) in [6.07, 6.45) is -1.43. The topological polar surface area (TPSA) is 77.0 Å². The Morgan fingerprint density at radius 2 is 1.84 bits per heavy atom. The molecule has 31 heavy (non-hydrogen) atoms. The van der Waals surface area contributed by atoms with Gasteiger partial charge in [0.2, 0.25) is 11.6 Å². The predicted molar refractivity (Wildman–Crippen MR) is 115 cm³/mol. The zero-order valence-electron chi connectivity index (χ0n) is 17.1. The molecule has 1 amide bonds. The van der Waals surface area contributed by atoms with Gasteiger partial charge in [-0.25, -0.2) is 0 Å². The zero-order valence-corrected chi connectivity index (χ0v) is 18.7. The summed E-state index contributed by atoms with van der Waals surface area (Å²) in [4.78, 5) is 14.5. The molecule has 2 N–H and O–H groups in total. The molecule has 0 saturated heterocycles. The molecule has 0 unspecified atom stereocenters. The summed E-state index contributed by atoms with van der Waals surface area (Å²) >= 11 is 0. The number of fused-ring (bicyclic) bond motifs is 1. The van der Waals surface area contributed by atoms with Crippen molar-refractivity contribution in [2.45, 2.75) is 56.8 Å². The van der Waals surface area contributed by atoms with Gasteiger partial charge in [0.15, 0.2) is 0 Å². The van der Waals surface area contributed by atoms with E-state index in [1.165, 1.54) is 11.1 Å². The van der Waals surface area contributed by atoms with E-state index in [4.69, 9.17) is 5.73 Å². The Kier molecular flexibility index (Phi) is 7.66. The maximum absolute atomic E-state index is 13.0. The standard InChI is InChI=1S/C20H24F3N5O.2ClH/c1-13-3-2-4-14(11-13)19(12-24)7-5-15(6-8-19)27-9-10-28-16(17(27)29)25-26-18(28)20(21,22)23;;/h2-4,11,15H,5-10,12,24H2,1H3;2*1H/t15-,19+;;. The van der Waals surface area contributed by atoms with Gasteiger partial charge >= 0.3 is 6.18 Å². The van der Waals surface area contributed by atoms with E-state index in [1.807, 2.05) is 6.07 Å². The molecule has 0 bridgehead atoms. The van der Waals surface area contributed by atoms with Crippen LogP contribution >= 0.6 is 24.8 Å². The Balaban J connectivity index is 0.00000171. The van der Waals surface area contributed by atoms with Crippen molar-refractivity contribution < 1.29 is 18.0 Å². The molecule has 2 aromatic rings. The lowest BCUT2D eigenvalue weighted by Gasteiger charge is -2.44. The number of halogens is 5. The fourth-order valence-corrected chi connectivity index (χ4v) is 4.72. The lowest BCUT2D eigenvalue weighted by molar-refractivity contribution is -0.147. The first kappa shape index (κ1) is 25.4. The number of aryl methyl sites for hydroxylation is 1. The van der Waals surface area contributed by atoms with Crippen LogP contribution in [0.5, 0.6) is 0 Å². The molecule has 1 aliphatic carbocycles. The van der Waals surface area contributed by atoms with Gasteiger partial charge in [-0.2, -0.15) is 13.2 Å². The quantitative estimate of drug-likeness (QED) is 0.727. The van der Waals surface area contributed by atoms with Gasteiger partial charge in [0, 0.05) is 31.1 Å². The number of hydrogen-bond donors (Lipinski definition) is 1. The maximum Gasteiger partial charge on any atom is 0.451 e. The summed E-state index contributed by atoms with van der Waals surface area (Å²) in [6.45, 7) is 2.87. The van der Waals surface area contributed by atoms with Gasteiger partial charge in [-0.05, 0) is 38.2 Å². The van der Waals surface area contributed by atoms with Crippen molar-refractivity contribution in [3.8, 4) is 0 Å². The summed E-state index contributed by atoms with van der Waals surface area (Å²) in [5, 5.41) is 6.74. The number of alkyl halides is 3. The van der Waals surface area contributed by atoms with Gasteiger partial charge < -0.3 is 10.6 Å². The minimum atomic E-state index is -4.62. The monoisotopic (exact) mass is 479 g/mol. The second-order valence-corrected chi connectivity index (χ2v) is 8.08. The third-order valence-electron chi connectivity index (χ3n) is 6.40. The summed E-state index contributed by atoms with van der Waals surface area (Å²) in [7, 11) is 0. The minimum absolute atomic E-state index is 0. The fourth-order valence-electron chi connectivity index (χ4n) is 4.72. The highest BCUT2D eigenvalue weighted by atomic mass is 35.5. The number of carbonyl (C=O) groups excluding carboxylic acids is 1. The van der Waals surface area contributed by atoms with Crippen LogP contribution in [-0.2, 0) is 18.1 Å². The maximum atomic E-state index is 13.0. The molecule has 0 radical (unpaired) electrons.